The lowest BCUT2D eigenvalue weighted by Crippen LogP contribution is -2.36. The molecule has 33 heavy (non-hydrogen) atoms. The maximum atomic E-state index is 12.2. The predicted octanol–water partition coefficient (Wildman–Crippen LogP) is 3.62. The van der Waals surface area contributed by atoms with Crippen LogP contribution in [0.1, 0.15) is 33.6 Å². The van der Waals surface area contributed by atoms with Crippen LogP contribution in [0.25, 0.3) is 10.2 Å². The highest BCUT2D eigenvalue weighted by Crippen LogP contribution is 2.35. The van der Waals surface area contributed by atoms with Gasteiger partial charge in [-0.1, -0.05) is 23.8 Å². The van der Waals surface area contributed by atoms with Gasteiger partial charge in [-0.2, -0.15) is 0 Å². The first kappa shape index (κ1) is 22.9. The van der Waals surface area contributed by atoms with E-state index in [1.165, 1.54) is 11.3 Å². The summed E-state index contributed by atoms with van der Waals surface area (Å²) in [6, 6.07) is 11.7. The molecule has 3 heterocycles. The zero-order chi connectivity index (χ0) is 23.4. The number of thiophene rings is 1. The van der Waals surface area contributed by atoms with Crippen molar-refractivity contribution in [2.45, 2.75) is 25.8 Å². The smallest absolute Gasteiger partial charge is 0.261 e. The predicted molar refractivity (Wildman–Crippen MR) is 134 cm³/mol. The van der Waals surface area contributed by atoms with Gasteiger partial charge in [-0.15, -0.1) is 11.3 Å². The Labute approximate surface area is 196 Å². The van der Waals surface area contributed by atoms with Crippen LogP contribution < -0.4 is 16.0 Å². The van der Waals surface area contributed by atoms with Crippen molar-refractivity contribution < 1.29 is 9.53 Å². The number of hydrogen-bond donors (Lipinski definition) is 4. The summed E-state index contributed by atoms with van der Waals surface area (Å²) in [7, 11) is 0. The Bertz CT molecular complexity index is 1180. The Balaban J connectivity index is 0.000000200. The van der Waals surface area contributed by atoms with E-state index < -0.39 is 0 Å². The van der Waals surface area contributed by atoms with Crippen LogP contribution in [0.3, 0.4) is 0 Å². The Hall–Kier alpha value is -3.30. The molecule has 9 heteroatoms. The van der Waals surface area contributed by atoms with Gasteiger partial charge in [0.15, 0.2) is 0 Å². The van der Waals surface area contributed by atoms with Gasteiger partial charge in [0.2, 0.25) is 0 Å². The zero-order valence-electron chi connectivity index (χ0n) is 18.6. The molecule has 0 bridgehead atoms. The summed E-state index contributed by atoms with van der Waals surface area (Å²) >= 11 is 1.49. The van der Waals surface area contributed by atoms with Crippen molar-refractivity contribution in [3.05, 3.63) is 52.4 Å². The molecule has 1 aromatic carbocycles. The van der Waals surface area contributed by atoms with Gasteiger partial charge >= 0.3 is 0 Å². The van der Waals surface area contributed by atoms with Crippen molar-refractivity contribution in [1.82, 2.24) is 10.3 Å². The Morgan fingerprint density at radius 3 is 2.70 bits per heavy atom. The standard InChI is InChI=1S/C15H18N4O2S.C9H10N2/c16-13-8-11(19-3-5-21-6-4-19)14-10(18-13)7-12(22-14)15(20)17-9-1-2-9;1-7-3-2-4-8(5-7)9(11)6-10/h7-9H,1-6H2,(H2,16,18)(H,17,20);2-6,10-11H,1H3. The van der Waals surface area contributed by atoms with Crippen LogP contribution in [0.5, 0.6) is 0 Å². The lowest BCUT2D eigenvalue weighted by Gasteiger charge is -2.29. The number of morpholine rings is 1. The normalized spacial score (nSPS) is 15.5. The molecule has 2 aromatic heterocycles. The number of rotatable bonds is 5. The molecule has 1 saturated carbocycles. The molecule has 1 aliphatic carbocycles. The number of anilines is 2. The molecule has 0 spiro atoms. The van der Waals surface area contributed by atoms with Crippen LogP contribution in [-0.4, -0.2) is 55.2 Å². The molecule has 1 amide bonds. The molecule has 5 rings (SSSR count). The van der Waals surface area contributed by atoms with E-state index in [0.29, 0.717) is 30.0 Å². The molecular formula is C24H28N6O2S. The number of hydrogen-bond acceptors (Lipinski definition) is 8. The number of ether oxygens (including phenoxy) is 1. The SMILES string of the molecule is Cc1cccc(C(=N)C=N)c1.Nc1cc(N2CCOCC2)c2sc(C(=O)NC3CC3)cc2n1. The molecule has 1 saturated heterocycles. The van der Waals surface area contributed by atoms with E-state index in [1.807, 2.05) is 43.3 Å². The zero-order valence-corrected chi connectivity index (χ0v) is 19.4. The van der Waals surface area contributed by atoms with E-state index in [0.717, 1.165) is 59.2 Å². The van der Waals surface area contributed by atoms with Crippen LogP contribution in [0.2, 0.25) is 0 Å². The third kappa shape index (κ3) is 5.74. The molecule has 172 valence electrons. The second-order valence-electron chi connectivity index (χ2n) is 8.17. The lowest BCUT2D eigenvalue weighted by molar-refractivity contribution is 0.0955. The number of carbonyl (C=O) groups is 1. The van der Waals surface area contributed by atoms with Gasteiger partial charge in [0.05, 0.1) is 39.7 Å². The van der Waals surface area contributed by atoms with Gasteiger partial charge in [-0.3, -0.25) is 10.2 Å². The van der Waals surface area contributed by atoms with Crippen LogP contribution >= 0.6 is 11.3 Å². The van der Waals surface area contributed by atoms with Crippen molar-refractivity contribution in [2.75, 3.05) is 36.9 Å². The van der Waals surface area contributed by atoms with E-state index in [1.54, 1.807) is 0 Å². The molecule has 0 atom stereocenters. The van der Waals surface area contributed by atoms with E-state index in [9.17, 15) is 4.79 Å². The molecule has 3 aromatic rings. The molecule has 5 N–H and O–H groups in total. The van der Waals surface area contributed by atoms with Crippen LogP contribution in [0, 0.1) is 17.7 Å². The number of nitrogens with zero attached hydrogens (tertiary/aromatic N) is 2. The Morgan fingerprint density at radius 1 is 1.27 bits per heavy atom. The quantitative estimate of drug-likeness (QED) is 0.429. The summed E-state index contributed by atoms with van der Waals surface area (Å²) in [6.07, 6.45) is 3.22. The molecule has 1 aliphatic heterocycles. The largest absolute Gasteiger partial charge is 0.384 e. The molecular weight excluding hydrogens is 436 g/mol. The highest BCUT2D eigenvalue weighted by molar-refractivity contribution is 7.21. The second-order valence-corrected chi connectivity index (χ2v) is 9.22. The first-order valence-corrected chi connectivity index (χ1v) is 11.8. The third-order valence-corrected chi connectivity index (χ3v) is 6.59. The Morgan fingerprint density at radius 2 is 2.03 bits per heavy atom. The minimum Gasteiger partial charge on any atom is -0.384 e. The van der Waals surface area contributed by atoms with Gasteiger partial charge < -0.3 is 26.1 Å². The van der Waals surface area contributed by atoms with Gasteiger partial charge in [-0.05, 0) is 31.9 Å². The number of fused-ring (bicyclic) bond motifs is 1. The first-order valence-electron chi connectivity index (χ1n) is 10.9. The number of amides is 1. The van der Waals surface area contributed by atoms with Crippen LogP contribution in [0.15, 0.2) is 36.4 Å². The summed E-state index contributed by atoms with van der Waals surface area (Å²) in [5.41, 5.74) is 9.98. The molecule has 2 aliphatic rings. The third-order valence-electron chi connectivity index (χ3n) is 5.44. The van der Waals surface area contributed by atoms with Gasteiger partial charge in [0, 0.05) is 37.0 Å². The number of pyridine rings is 1. The minimum absolute atomic E-state index is 0.00278. The summed E-state index contributed by atoms with van der Waals surface area (Å²) in [5, 5.41) is 17.2. The monoisotopic (exact) mass is 464 g/mol. The molecule has 0 unspecified atom stereocenters. The summed E-state index contributed by atoms with van der Waals surface area (Å²) < 4.78 is 6.43. The second kappa shape index (κ2) is 10.1. The average Bonchev–Trinajstić information content (AvgIpc) is 3.54. The average molecular weight is 465 g/mol. The number of nitrogens with one attached hydrogen (secondary N) is 3. The van der Waals surface area contributed by atoms with E-state index in [2.05, 4.69) is 15.2 Å². The maximum absolute atomic E-state index is 12.2. The van der Waals surface area contributed by atoms with Crippen LogP contribution in [-0.2, 0) is 4.74 Å². The van der Waals surface area contributed by atoms with Gasteiger partial charge in [0.25, 0.3) is 5.91 Å². The molecule has 8 nitrogen and oxygen atoms in total. The minimum atomic E-state index is -0.00278. The fourth-order valence-corrected chi connectivity index (χ4v) is 4.60. The van der Waals surface area contributed by atoms with Crippen molar-refractivity contribution in [2.24, 2.45) is 0 Å². The first-order chi connectivity index (χ1) is 15.9. The number of aryl methyl sites for hydroxylation is 1. The van der Waals surface area contributed by atoms with Crippen molar-refractivity contribution in [1.29, 1.82) is 10.8 Å². The summed E-state index contributed by atoms with van der Waals surface area (Å²) in [5.74, 6) is 0.484. The number of nitrogen functional groups attached to an aromatic ring is 1. The maximum Gasteiger partial charge on any atom is 0.261 e. The Kier molecular flexibility index (Phi) is 7.00. The van der Waals surface area contributed by atoms with Gasteiger partial charge in [-0.25, -0.2) is 4.98 Å². The topological polar surface area (TPSA) is 128 Å². The highest BCUT2D eigenvalue weighted by Gasteiger charge is 2.25. The molecule has 0 radical (unpaired) electrons. The van der Waals surface area contributed by atoms with E-state index in [-0.39, 0.29) is 11.6 Å². The van der Waals surface area contributed by atoms with Gasteiger partial charge in [0.1, 0.15) is 5.82 Å². The number of benzene rings is 1. The van der Waals surface area contributed by atoms with Crippen molar-refractivity contribution in [3.8, 4) is 0 Å². The van der Waals surface area contributed by atoms with Crippen molar-refractivity contribution in [3.63, 3.8) is 0 Å². The molecule has 2 fully saturated rings. The number of nitrogens with two attached hydrogens (primary N) is 1. The summed E-state index contributed by atoms with van der Waals surface area (Å²) in [6.45, 7) is 5.06. The lowest BCUT2D eigenvalue weighted by atomic mass is 10.1. The van der Waals surface area contributed by atoms with Crippen LogP contribution in [0.4, 0.5) is 11.5 Å². The fraction of sp³-hybridized carbons (Fsp3) is 0.333. The summed E-state index contributed by atoms with van der Waals surface area (Å²) in [4.78, 5) is 19.6. The highest BCUT2D eigenvalue weighted by atomic mass is 32.1. The van der Waals surface area contributed by atoms with E-state index in [4.69, 9.17) is 21.3 Å². The van der Waals surface area contributed by atoms with Crippen molar-refractivity contribution >= 4 is 50.9 Å². The number of aromatic nitrogens is 1. The number of carbonyl (C=O) groups excluding carboxylic acids is 1. The van der Waals surface area contributed by atoms with E-state index >= 15 is 0 Å². The fourth-order valence-electron chi connectivity index (χ4n) is 3.56.